The standard InChI is InChI=1S/C14H18N4O2S/c1-16-21(19,20)14-3-2-12(10-13(14)15)18-9-6-11-4-7-17-8-5-11/h2-5,7-8,10,16,18H,6,9,15H2,1H3. The van der Waals surface area contributed by atoms with E-state index in [0.717, 1.165) is 18.7 Å². The largest absolute Gasteiger partial charge is 0.398 e. The Kier molecular flexibility index (Phi) is 4.77. The molecule has 0 saturated carbocycles. The molecule has 112 valence electrons. The van der Waals surface area contributed by atoms with Gasteiger partial charge in [-0.3, -0.25) is 4.98 Å². The summed E-state index contributed by atoms with van der Waals surface area (Å²) in [5, 5.41) is 3.21. The predicted molar refractivity (Wildman–Crippen MR) is 83.5 cm³/mol. The molecule has 0 bridgehead atoms. The Bertz CT molecular complexity index is 702. The number of benzene rings is 1. The normalized spacial score (nSPS) is 11.3. The third kappa shape index (κ3) is 3.93. The van der Waals surface area contributed by atoms with Crippen molar-refractivity contribution in [2.45, 2.75) is 11.3 Å². The highest BCUT2D eigenvalue weighted by Gasteiger charge is 2.14. The van der Waals surface area contributed by atoms with Crippen LogP contribution in [0.4, 0.5) is 11.4 Å². The van der Waals surface area contributed by atoms with Crippen molar-refractivity contribution in [2.24, 2.45) is 0 Å². The minimum Gasteiger partial charge on any atom is -0.398 e. The lowest BCUT2D eigenvalue weighted by atomic mass is 10.2. The fourth-order valence-corrected chi connectivity index (χ4v) is 2.75. The van der Waals surface area contributed by atoms with Crippen LogP contribution in [-0.4, -0.2) is 27.0 Å². The molecule has 1 aromatic carbocycles. The van der Waals surface area contributed by atoms with Gasteiger partial charge in [0.25, 0.3) is 0 Å². The number of nitrogens with one attached hydrogen (secondary N) is 2. The Morgan fingerprint density at radius 1 is 1.19 bits per heavy atom. The van der Waals surface area contributed by atoms with E-state index in [0.29, 0.717) is 0 Å². The van der Waals surface area contributed by atoms with Crippen LogP contribution < -0.4 is 15.8 Å². The number of aromatic nitrogens is 1. The van der Waals surface area contributed by atoms with Gasteiger partial charge in [-0.2, -0.15) is 0 Å². The predicted octanol–water partition coefficient (Wildman–Crippen LogP) is 1.23. The third-order valence-electron chi connectivity index (χ3n) is 3.06. The van der Waals surface area contributed by atoms with Gasteiger partial charge in [-0.05, 0) is 49.4 Å². The van der Waals surface area contributed by atoms with Crippen molar-refractivity contribution in [3.8, 4) is 0 Å². The number of pyridine rings is 1. The number of rotatable bonds is 6. The number of anilines is 2. The summed E-state index contributed by atoms with van der Waals surface area (Å²) in [7, 11) is -2.16. The Balaban J connectivity index is 2.01. The number of sulfonamides is 1. The topological polar surface area (TPSA) is 97.1 Å². The molecule has 1 aromatic heterocycles. The van der Waals surface area contributed by atoms with Crippen molar-refractivity contribution in [1.29, 1.82) is 0 Å². The van der Waals surface area contributed by atoms with Crippen molar-refractivity contribution in [3.63, 3.8) is 0 Å². The number of nitrogens with zero attached hydrogens (tertiary/aromatic N) is 1. The molecule has 0 aliphatic carbocycles. The van der Waals surface area contributed by atoms with E-state index < -0.39 is 10.0 Å². The first-order chi connectivity index (χ1) is 10.0. The van der Waals surface area contributed by atoms with E-state index in [9.17, 15) is 8.42 Å². The van der Waals surface area contributed by atoms with Crippen molar-refractivity contribution in [2.75, 3.05) is 24.6 Å². The molecule has 0 saturated heterocycles. The molecular weight excluding hydrogens is 288 g/mol. The highest BCUT2D eigenvalue weighted by atomic mass is 32.2. The molecule has 0 amide bonds. The molecule has 2 rings (SSSR count). The van der Waals surface area contributed by atoms with Gasteiger partial charge >= 0.3 is 0 Å². The van der Waals surface area contributed by atoms with E-state index in [1.165, 1.54) is 18.7 Å². The first-order valence-corrected chi connectivity index (χ1v) is 7.97. The zero-order chi connectivity index (χ0) is 15.3. The number of hydrogen-bond acceptors (Lipinski definition) is 5. The first kappa shape index (κ1) is 15.3. The van der Waals surface area contributed by atoms with E-state index in [4.69, 9.17) is 5.73 Å². The molecule has 0 radical (unpaired) electrons. The van der Waals surface area contributed by atoms with Crippen LogP contribution in [0.2, 0.25) is 0 Å². The SMILES string of the molecule is CNS(=O)(=O)c1ccc(NCCc2ccncc2)cc1N. The Morgan fingerprint density at radius 3 is 2.52 bits per heavy atom. The second-order valence-corrected chi connectivity index (χ2v) is 6.35. The molecule has 1 heterocycles. The quantitative estimate of drug-likeness (QED) is 0.697. The maximum Gasteiger partial charge on any atom is 0.242 e. The second kappa shape index (κ2) is 6.55. The molecule has 2 aromatic rings. The smallest absolute Gasteiger partial charge is 0.242 e. The molecule has 0 fully saturated rings. The maximum atomic E-state index is 11.7. The van der Waals surface area contributed by atoms with E-state index in [-0.39, 0.29) is 10.6 Å². The van der Waals surface area contributed by atoms with Gasteiger partial charge in [0.05, 0.1) is 5.69 Å². The summed E-state index contributed by atoms with van der Waals surface area (Å²) in [6.07, 6.45) is 4.36. The summed E-state index contributed by atoms with van der Waals surface area (Å²) < 4.78 is 25.7. The molecule has 21 heavy (non-hydrogen) atoms. The van der Waals surface area contributed by atoms with Crippen molar-refractivity contribution < 1.29 is 8.42 Å². The van der Waals surface area contributed by atoms with Gasteiger partial charge < -0.3 is 11.1 Å². The van der Waals surface area contributed by atoms with Crippen LogP contribution >= 0.6 is 0 Å². The highest BCUT2D eigenvalue weighted by Crippen LogP contribution is 2.22. The fourth-order valence-electron chi connectivity index (χ4n) is 1.91. The van der Waals surface area contributed by atoms with E-state index in [1.54, 1.807) is 24.5 Å². The van der Waals surface area contributed by atoms with E-state index >= 15 is 0 Å². The first-order valence-electron chi connectivity index (χ1n) is 6.49. The Labute approximate surface area is 124 Å². The molecule has 0 unspecified atom stereocenters. The van der Waals surface area contributed by atoms with E-state index in [1.807, 2.05) is 12.1 Å². The summed E-state index contributed by atoms with van der Waals surface area (Å²) in [6.45, 7) is 0.724. The summed E-state index contributed by atoms with van der Waals surface area (Å²) >= 11 is 0. The van der Waals surface area contributed by atoms with Gasteiger partial charge in [0.15, 0.2) is 0 Å². The van der Waals surface area contributed by atoms with E-state index in [2.05, 4.69) is 15.0 Å². The van der Waals surface area contributed by atoms with Crippen LogP contribution in [0.1, 0.15) is 5.56 Å². The monoisotopic (exact) mass is 306 g/mol. The average molecular weight is 306 g/mol. The summed E-state index contributed by atoms with van der Waals surface area (Å²) in [5.74, 6) is 0. The molecule has 0 aliphatic rings. The zero-order valence-electron chi connectivity index (χ0n) is 11.7. The summed E-state index contributed by atoms with van der Waals surface area (Å²) in [4.78, 5) is 4.05. The lowest BCUT2D eigenvalue weighted by Gasteiger charge is -2.10. The highest BCUT2D eigenvalue weighted by molar-refractivity contribution is 7.89. The number of hydrogen-bond donors (Lipinski definition) is 3. The number of nitrogens with two attached hydrogens (primary N) is 1. The third-order valence-corrected chi connectivity index (χ3v) is 4.55. The van der Waals surface area contributed by atoms with Crippen molar-refractivity contribution in [1.82, 2.24) is 9.71 Å². The van der Waals surface area contributed by atoms with Gasteiger partial charge in [0.1, 0.15) is 4.90 Å². The molecule has 0 atom stereocenters. The van der Waals surface area contributed by atoms with Gasteiger partial charge in [-0.1, -0.05) is 0 Å². The van der Waals surface area contributed by atoms with Crippen molar-refractivity contribution in [3.05, 3.63) is 48.3 Å². The zero-order valence-corrected chi connectivity index (χ0v) is 12.5. The van der Waals surface area contributed by atoms with Crippen molar-refractivity contribution >= 4 is 21.4 Å². The van der Waals surface area contributed by atoms with Crippen LogP contribution in [0.5, 0.6) is 0 Å². The molecule has 6 nitrogen and oxygen atoms in total. The van der Waals surface area contributed by atoms with Crippen LogP contribution in [0.3, 0.4) is 0 Å². The van der Waals surface area contributed by atoms with Gasteiger partial charge in [0.2, 0.25) is 10.0 Å². The lowest BCUT2D eigenvalue weighted by molar-refractivity contribution is 0.588. The Morgan fingerprint density at radius 2 is 1.90 bits per heavy atom. The average Bonchev–Trinajstić information content (AvgIpc) is 2.48. The minimum atomic E-state index is -3.52. The van der Waals surface area contributed by atoms with Crippen LogP contribution in [0.25, 0.3) is 0 Å². The van der Waals surface area contributed by atoms with Crippen LogP contribution in [0, 0.1) is 0 Å². The lowest BCUT2D eigenvalue weighted by Crippen LogP contribution is -2.20. The maximum absolute atomic E-state index is 11.7. The summed E-state index contributed by atoms with van der Waals surface area (Å²) in [6, 6.07) is 8.73. The number of nitrogen functional groups attached to an aromatic ring is 1. The summed E-state index contributed by atoms with van der Waals surface area (Å²) in [5.41, 5.74) is 7.99. The van der Waals surface area contributed by atoms with Gasteiger partial charge in [0, 0.05) is 24.6 Å². The van der Waals surface area contributed by atoms with Gasteiger partial charge in [-0.15, -0.1) is 0 Å². The second-order valence-electron chi connectivity index (χ2n) is 4.49. The fraction of sp³-hybridized carbons (Fsp3) is 0.214. The molecule has 4 N–H and O–H groups in total. The minimum absolute atomic E-state index is 0.0877. The van der Waals surface area contributed by atoms with Crippen LogP contribution in [0.15, 0.2) is 47.6 Å². The van der Waals surface area contributed by atoms with Crippen LogP contribution in [-0.2, 0) is 16.4 Å². The molecule has 0 spiro atoms. The Hall–Kier alpha value is -2.12. The molecule has 0 aliphatic heterocycles. The molecule has 7 heteroatoms. The molecular formula is C14H18N4O2S. The van der Waals surface area contributed by atoms with Gasteiger partial charge in [-0.25, -0.2) is 13.1 Å².